The Morgan fingerprint density at radius 2 is 0.890 bits per heavy atom. The van der Waals surface area contributed by atoms with Crippen LogP contribution in [-0.4, -0.2) is 182 Å². The topological polar surface area (TPSA) is 175 Å². The number of nitro groups is 2. The number of hydrogen-bond acceptors (Lipinski definition) is 18. The molecule has 0 amide bonds. The van der Waals surface area contributed by atoms with Crippen molar-refractivity contribution in [3.8, 4) is 23.0 Å². The Bertz CT molecular complexity index is 4060. The number of halogens is 2. The van der Waals surface area contributed by atoms with Gasteiger partial charge < -0.3 is 28.7 Å². The third-order valence-electron chi connectivity index (χ3n) is 18.7. The van der Waals surface area contributed by atoms with Gasteiger partial charge in [0.25, 0.3) is 11.4 Å². The molecule has 9 aromatic rings. The number of piperazine rings is 4. The Balaban J connectivity index is 0.000000144. The number of anilines is 2. The van der Waals surface area contributed by atoms with Crippen molar-refractivity contribution in [2.24, 2.45) is 0 Å². The van der Waals surface area contributed by atoms with Gasteiger partial charge >= 0.3 is 0 Å². The van der Waals surface area contributed by atoms with Gasteiger partial charge in [0.2, 0.25) is 0 Å². The second-order valence-electron chi connectivity index (χ2n) is 25.6. The van der Waals surface area contributed by atoms with Gasteiger partial charge in [-0.25, -0.2) is 14.4 Å². The zero-order chi connectivity index (χ0) is 70.3. The smallest absolute Gasteiger partial charge is 0.269 e. The highest BCUT2D eigenvalue weighted by Crippen LogP contribution is 2.33. The molecule has 0 saturated carbocycles. The van der Waals surface area contributed by atoms with E-state index in [1.165, 1.54) is 40.1 Å². The summed E-state index contributed by atoms with van der Waals surface area (Å²) in [6, 6.07) is 56.0. The predicted molar refractivity (Wildman–Crippen MR) is 397 cm³/mol. The maximum atomic E-state index is 13.0. The third kappa shape index (κ3) is 21.2. The fourth-order valence-electron chi connectivity index (χ4n) is 13.0. The summed E-state index contributed by atoms with van der Waals surface area (Å²) in [5, 5.41) is 22.6. The summed E-state index contributed by atoms with van der Waals surface area (Å²) in [5.41, 5.74) is 12.4. The maximum Gasteiger partial charge on any atom is 0.269 e. The molecule has 22 heteroatoms. The van der Waals surface area contributed by atoms with Crippen LogP contribution in [0.4, 0.5) is 27.3 Å². The summed E-state index contributed by atoms with van der Waals surface area (Å²) < 4.78 is 35.6. The fourth-order valence-corrected chi connectivity index (χ4v) is 13.4. The minimum Gasteiger partial charge on any atom is -0.493 e. The number of hydrogen-bond donors (Lipinski definition) is 0. The number of methoxy groups -OCH3 is 4. The van der Waals surface area contributed by atoms with Gasteiger partial charge in [-0.3, -0.25) is 49.6 Å². The molecule has 4 fully saturated rings. The van der Waals surface area contributed by atoms with Crippen LogP contribution in [-0.2, 0) is 39.3 Å². The van der Waals surface area contributed by atoms with Crippen molar-refractivity contribution in [1.82, 2.24) is 39.4 Å². The van der Waals surface area contributed by atoms with E-state index in [1.54, 1.807) is 59.0 Å². The average molecular weight is 1420 g/mol. The number of nitrogens with zero attached hydrogens (tertiary/aromatic N) is 12. The first-order valence-electron chi connectivity index (χ1n) is 34.1. The molecule has 4 aliphatic rings. The first-order chi connectivity index (χ1) is 48.6. The van der Waals surface area contributed by atoms with Gasteiger partial charge in [-0.1, -0.05) is 113 Å². The molecule has 0 aliphatic carbocycles. The third-order valence-corrected chi connectivity index (χ3v) is 19.2. The average Bonchev–Trinajstić information content (AvgIpc) is 0.822. The number of aryl methyl sites for hydroxylation is 2. The van der Waals surface area contributed by atoms with Gasteiger partial charge in [-0.15, -0.1) is 0 Å². The standard InChI is InChI=1S/C20H25FN2O2.C20H25N3O4.C19H19BrN4.C19H23N3O2/c1-24-19-5-3-4-17(20(19)25-2)15-23-12-10-22(11-13-23)14-16-6-8-18(21)9-7-16;1-26-19-8-5-17(13-20(19)27-2)15-22-11-9-21(10-12-22)14-16-3-6-18(7-4-16)23(24)25;20-16-6-7-18-17(12-16)19(22-14-21-18)24-10-8-23(9-11-24)13-15-4-2-1-3-5-15;1-15-3-4-16(2)19(13-15)21-11-9-20(10-12-21)14-17-5-7-18(8-6-17)22(23)24/h3-9H,10-15H2,1-2H3;3-8,13H,9-12,14-15H2,1-2H3;1-7,12,14H,8-11,13H2;3-8,13H,9-12,14H2,1-2H3. The van der Waals surface area contributed by atoms with Crippen LogP contribution in [0.5, 0.6) is 23.0 Å². The Labute approximate surface area is 595 Å². The van der Waals surface area contributed by atoms with Crippen molar-refractivity contribution in [3.05, 3.63) is 257 Å². The zero-order valence-electron chi connectivity index (χ0n) is 58.3. The minimum atomic E-state index is -0.364. The Hall–Kier alpha value is -9.13. The molecule has 0 atom stereocenters. The summed E-state index contributed by atoms with van der Waals surface area (Å²) in [6.07, 6.45) is 1.67. The van der Waals surface area contributed by atoms with Crippen LogP contribution >= 0.6 is 15.9 Å². The molecule has 100 heavy (non-hydrogen) atoms. The van der Waals surface area contributed by atoms with E-state index in [2.05, 4.69) is 146 Å². The van der Waals surface area contributed by atoms with Gasteiger partial charge in [-0.2, -0.15) is 0 Å². The van der Waals surface area contributed by atoms with Crippen molar-refractivity contribution in [1.29, 1.82) is 0 Å². The lowest BCUT2D eigenvalue weighted by atomic mass is 10.1. The number of rotatable bonds is 20. The van der Waals surface area contributed by atoms with Crippen molar-refractivity contribution < 1.29 is 33.2 Å². The molecule has 0 radical (unpaired) electrons. The van der Waals surface area contributed by atoms with Crippen LogP contribution in [0.1, 0.15) is 44.5 Å². The number of ether oxygens (including phenoxy) is 4. The Morgan fingerprint density at radius 3 is 1.39 bits per heavy atom. The van der Waals surface area contributed by atoms with Crippen molar-refractivity contribution >= 4 is 49.7 Å². The first-order valence-corrected chi connectivity index (χ1v) is 34.9. The molecule has 20 nitrogen and oxygen atoms in total. The summed E-state index contributed by atoms with van der Waals surface area (Å²) in [5.74, 6) is 3.95. The second-order valence-corrected chi connectivity index (χ2v) is 26.5. The first kappa shape index (κ1) is 73.6. The van der Waals surface area contributed by atoms with Crippen LogP contribution in [0, 0.1) is 39.9 Å². The number of non-ortho nitro benzene ring substituents is 2. The molecule has 4 saturated heterocycles. The molecule has 526 valence electrons. The summed E-state index contributed by atoms with van der Waals surface area (Å²) >= 11 is 3.55. The molecule has 0 unspecified atom stereocenters. The van der Waals surface area contributed by atoms with E-state index in [4.69, 9.17) is 18.9 Å². The zero-order valence-corrected chi connectivity index (χ0v) is 59.9. The summed E-state index contributed by atoms with van der Waals surface area (Å²) in [7, 11) is 6.64. The van der Waals surface area contributed by atoms with Crippen LogP contribution in [0.3, 0.4) is 0 Å². The highest BCUT2D eigenvalue weighted by atomic mass is 79.9. The lowest BCUT2D eigenvalue weighted by Crippen LogP contribution is -2.46. The van der Waals surface area contributed by atoms with Gasteiger partial charge in [-0.05, 0) is 107 Å². The highest BCUT2D eigenvalue weighted by Gasteiger charge is 2.24. The van der Waals surface area contributed by atoms with Gasteiger partial charge in [0.15, 0.2) is 23.0 Å². The molecule has 5 heterocycles. The van der Waals surface area contributed by atoms with E-state index in [9.17, 15) is 24.6 Å². The van der Waals surface area contributed by atoms with Crippen LogP contribution in [0.2, 0.25) is 0 Å². The molecule has 0 N–H and O–H groups in total. The fraction of sp³-hybridized carbons (Fsp3) is 0.359. The maximum absolute atomic E-state index is 13.0. The largest absolute Gasteiger partial charge is 0.493 e. The molecular formula is C78H92BrFN12O8. The molecule has 0 bridgehead atoms. The van der Waals surface area contributed by atoms with Gasteiger partial charge in [0.05, 0.1) is 43.8 Å². The van der Waals surface area contributed by atoms with E-state index in [0.29, 0.717) is 0 Å². The number of fused-ring (bicyclic) bond motifs is 1. The van der Waals surface area contributed by atoms with Crippen molar-refractivity contribution in [2.75, 3.05) is 143 Å². The van der Waals surface area contributed by atoms with E-state index in [1.807, 2.05) is 72.8 Å². The second kappa shape index (κ2) is 36.8. The molecule has 0 spiro atoms. The lowest BCUT2D eigenvalue weighted by Gasteiger charge is -2.37. The Kier molecular flexibility index (Phi) is 27.1. The van der Waals surface area contributed by atoms with Gasteiger partial charge in [0.1, 0.15) is 18.0 Å². The van der Waals surface area contributed by atoms with E-state index in [-0.39, 0.29) is 27.0 Å². The van der Waals surface area contributed by atoms with Crippen molar-refractivity contribution in [2.45, 2.75) is 53.1 Å². The summed E-state index contributed by atoms with van der Waals surface area (Å²) in [6.45, 7) is 25.6. The molecule has 8 aromatic carbocycles. The number of para-hydroxylation sites is 1. The van der Waals surface area contributed by atoms with Crippen LogP contribution in [0.15, 0.2) is 187 Å². The number of aromatic nitrogens is 2. The molecule has 1 aromatic heterocycles. The number of nitro benzene ring substituents is 2. The van der Waals surface area contributed by atoms with Crippen LogP contribution < -0.4 is 28.7 Å². The normalized spacial score (nSPS) is 15.7. The molecular weight excluding hydrogens is 1330 g/mol. The lowest BCUT2D eigenvalue weighted by molar-refractivity contribution is -0.385. The van der Waals surface area contributed by atoms with Crippen molar-refractivity contribution in [3.63, 3.8) is 0 Å². The number of benzene rings is 8. The van der Waals surface area contributed by atoms with Crippen LogP contribution in [0.25, 0.3) is 10.9 Å². The Morgan fingerprint density at radius 1 is 0.430 bits per heavy atom. The van der Waals surface area contributed by atoms with E-state index in [0.717, 1.165) is 210 Å². The van der Waals surface area contributed by atoms with Gasteiger partial charge in [0, 0.05) is 189 Å². The SMILES string of the molecule is Brc1ccc2ncnc(N3CCN(Cc4ccccc4)CC3)c2c1.COc1ccc(CN2CCN(Cc3ccc([N+](=O)[O-])cc3)CC2)cc1OC.COc1cccc(CN2CCN(Cc3ccc(F)cc3)CC2)c1OC.Cc1ccc(C)c(N2CCN(Cc3ccc([N+](=O)[O-])cc3)CC2)c1. The summed E-state index contributed by atoms with van der Waals surface area (Å²) in [4.78, 5) is 49.1. The van der Waals surface area contributed by atoms with E-state index < -0.39 is 0 Å². The molecule has 13 rings (SSSR count). The highest BCUT2D eigenvalue weighted by molar-refractivity contribution is 9.10. The monoisotopic (exact) mass is 1420 g/mol. The minimum absolute atomic E-state index is 0.137. The predicted octanol–water partition coefficient (Wildman–Crippen LogP) is 13.3. The molecule has 4 aliphatic heterocycles. The quantitative estimate of drug-likeness (QED) is 0.0520. The van der Waals surface area contributed by atoms with E-state index >= 15 is 0 Å².